The molecule has 0 bridgehead atoms. The molecule has 0 aromatic heterocycles. The molecule has 1 N–H and O–H groups in total. The van der Waals surface area contributed by atoms with Crippen molar-refractivity contribution in [3.05, 3.63) is 34.9 Å². The van der Waals surface area contributed by atoms with E-state index in [1.165, 1.54) is 11.1 Å². The lowest BCUT2D eigenvalue weighted by Crippen LogP contribution is -2.12. The van der Waals surface area contributed by atoms with E-state index in [1.54, 1.807) is 0 Å². The lowest BCUT2D eigenvalue weighted by atomic mass is 9.85. The molecule has 88 valence electrons. The van der Waals surface area contributed by atoms with Gasteiger partial charge >= 0.3 is 0 Å². The maximum atomic E-state index is 10.1. The zero-order valence-corrected chi connectivity index (χ0v) is 10.7. The fourth-order valence-corrected chi connectivity index (χ4v) is 2.72. The SMILES string of the molecule is CCC(C)c1ccc2c(c1)C(O)CC2(C)C. The summed E-state index contributed by atoms with van der Waals surface area (Å²) in [6, 6.07) is 6.66. The van der Waals surface area contributed by atoms with E-state index in [0.29, 0.717) is 5.92 Å². The Labute approximate surface area is 98.5 Å². The van der Waals surface area contributed by atoms with E-state index in [0.717, 1.165) is 18.4 Å². The van der Waals surface area contributed by atoms with Gasteiger partial charge in [-0.25, -0.2) is 0 Å². The molecule has 2 atom stereocenters. The lowest BCUT2D eigenvalue weighted by Gasteiger charge is -2.19. The molecule has 16 heavy (non-hydrogen) atoms. The number of aliphatic hydroxyl groups excluding tert-OH is 1. The van der Waals surface area contributed by atoms with Gasteiger partial charge in [-0.2, -0.15) is 0 Å². The van der Waals surface area contributed by atoms with E-state index in [9.17, 15) is 5.11 Å². The zero-order chi connectivity index (χ0) is 11.9. The maximum Gasteiger partial charge on any atom is 0.0801 e. The van der Waals surface area contributed by atoms with Crippen LogP contribution in [-0.4, -0.2) is 5.11 Å². The van der Waals surface area contributed by atoms with Crippen molar-refractivity contribution in [3.63, 3.8) is 0 Å². The van der Waals surface area contributed by atoms with Gasteiger partial charge in [0.2, 0.25) is 0 Å². The molecule has 0 saturated carbocycles. The lowest BCUT2D eigenvalue weighted by molar-refractivity contribution is 0.161. The van der Waals surface area contributed by atoms with Crippen LogP contribution in [0.1, 0.15) is 69.2 Å². The summed E-state index contributed by atoms with van der Waals surface area (Å²) in [7, 11) is 0. The molecule has 1 nitrogen and oxygen atoms in total. The fraction of sp³-hybridized carbons (Fsp3) is 0.600. The largest absolute Gasteiger partial charge is 0.388 e. The van der Waals surface area contributed by atoms with Crippen LogP contribution in [0.3, 0.4) is 0 Å². The van der Waals surface area contributed by atoms with Crippen molar-refractivity contribution >= 4 is 0 Å². The van der Waals surface area contributed by atoms with Crippen LogP contribution in [0.25, 0.3) is 0 Å². The van der Waals surface area contributed by atoms with Crippen LogP contribution in [0.15, 0.2) is 18.2 Å². The molecule has 1 aliphatic carbocycles. The highest BCUT2D eigenvalue weighted by molar-refractivity contribution is 5.43. The van der Waals surface area contributed by atoms with E-state index >= 15 is 0 Å². The number of aliphatic hydroxyl groups is 1. The zero-order valence-electron chi connectivity index (χ0n) is 10.7. The van der Waals surface area contributed by atoms with Gasteiger partial charge in [-0.1, -0.05) is 45.9 Å². The van der Waals surface area contributed by atoms with E-state index in [-0.39, 0.29) is 11.5 Å². The van der Waals surface area contributed by atoms with Crippen molar-refractivity contribution in [1.29, 1.82) is 0 Å². The summed E-state index contributed by atoms with van der Waals surface area (Å²) in [6.07, 6.45) is 1.74. The van der Waals surface area contributed by atoms with Crippen LogP contribution in [-0.2, 0) is 5.41 Å². The molecule has 0 saturated heterocycles. The van der Waals surface area contributed by atoms with E-state index in [4.69, 9.17) is 0 Å². The van der Waals surface area contributed by atoms with Crippen LogP contribution in [0.2, 0.25) is 0 Å². The van der Waals surface area contributed by atoms with Crippen molar-refractivity contribution < 1.29 is 5.11 Å². The van der Waals surface area contributed by atoms with E-state index in [1.807, 2.05) is 0 Å². The summed E-state index contributed by atoms with van der Waals surface area (Å²) in [5.74, 6) is 0.584. The Balaban J connectivity index is 2.44. The molecule has 0 aliphatic heterocycles. The summed E-state index contributed by atoms with van der Waals surface area (Å²) in [4.78, 5) is 0. The van der Waals surface area contributed by atoms with Crippen molar-refractivity contribution in [3.8, 4) is 0 Å². The third-order valence-corrected chi connectivity index (χ3v) is 4.05. The Morgan fingerprint density at radius 1 is 1.44 bits per heavy atom. The fourth-order valence-electron chi connectivity index (χ4n) is 2.72. The summed E-state index contributed by atoms with van der Waals surface area (Å²) in [5, 5.41) is 10.1. The van der Waals surface area contributed by atoms with Gasteiger partial charge in [-0.15, -0.1) is 0 Å². The van der Waals surface area contributed by atoms with Crippen LogP contribution in [0.4, 0.5) is 0 Å². The standard InChI is InChI=1S/C15H22O/c1-5-10(2)11-6-7-13-12(8-11)14(16)9-15(13,3)4/h6-8,10,14,16H,5,9H2,1-4H3. The van der Waals surface area contributed by atoms with Gasteiger partial charge in [-0.05, 0) is 40.9 Å². The molecule has 1 aliphatic rings. The van der Waals surface area contributed by atoms with E-state index in [2.05, 4.69) is 45.9 Å². The topological polar surface area (TPSA) is 20.2 Å². The molecular formula is C15H22O. The minimum atomic E-state index is -0.269. The molecule has 0 amide bonds. The van der Waals surface area contributed by atoms with Gasteiger partial charge in [0.05, 0.1) is 6.10 Å². The number of benzene rings is 1. The Morgan fingerprint density at radius 3 is 2.75 bits per heavy atom. The summed E-state index contributed by atoms with van der Waals surface area (Å²) < 4.78 is 0. The smallest absolute Gasteiger partial charge is 0.0801 e. The van der Waals surface area contributed by atoms with Gasteiger partial charge < -0.3 is 5.11 Å². The van der Waals surface area contributed by atoms with Crippen molar-refractivity contribution in [2.45, 2.75) is 58.0 Å². The monoisotopic (exact) mass is 218 g/mol. The molecular weight excluding hydrogens is 196 g/mol. The second kappa shape index (κ2) is 3.89. The number of fused-ring (bicyclic) bond motifs is 1. The molecule has 0 fully saturated rings. The molecule has 1 aromatic carbocycles. The van der Waals surface area contributed by atoms with Crippen LogP contribution < -0.4 is 0 Å². The minimum absolute atomic E-state index is 0.128. The molecule has 0 heterocycles. The average molecular weight is 218 g/mol. The van der Waals surface area contributed by atoms with Crippen molar-refractivity contribution in [1.82, 2.24) is 0 Å². The Kier molecular flexibility index (Phi) is 2.83. The third kappa shape index (κ3) is 1.78. The Hall–Kier alpha value is -0.820. The van der Waals surface area contributed by atoms with E-state index < -0.39 is 0 Å². The quantitative estimate of drug-likeness (QED) is 0.797. The average Bonchev–Trinajstić information content (AvgIpc) is 2.48. The summed E-state index contributed by atoms with van der Waals surface area (Å²) >= 11 is 0. The second-order valence-corrected chi connectivity index (χ2v) is 5.76. The van der Waals surface area contributed by atoms with Crippen molar-refractivity contribution in [2.24, 2.45) is 0 Å². The van der Waals surface area contributed by atoms with Crippen LogP contribution >= 0.6 is 0 Å². The first kappa shape index (κ1) is 11.7. The predicted octanol–water partition coefficient (Wildman–Crippen LogP) is 3.91. The highest BCUT2D eigenvalue weighted by Crippen LogP contribution is 2.45. The van der Waals surface area contributed by atoms with Gasteiger partial charge in [-0.3, -0.25) is 0 Å². The Bertz CT molecular complexity index is 392. The number of hydrogen-bond donors (Lipinski definition) is 1. The van der Waals surface area contributed by atoms with Gasteiger partial charge in [0, 0.05) is 0 Å². The number of hydrogen-bond acceptors (Lipinski definition) is 1. The Morgan fingerprint density at radius 2 is 2.12 bits per heavy atom. The molecule has 0 spiro atoms. The third-order valence-electron chi connectivity index (χ3n) is 4.05. The number of rotatable bonds is 2. The molecule has 0 radical (unpaired) electrons. The molecule has 1 aromatic rings. The first-order valence-electron chi connectivity index (χ1n) is 6.28. The normalized spacial score (nSPS) is 24.2. The van der Waals surface area contributed by atoms with Crippen LogP contribution in [0, 0.1) is 0 Å². The molecule has 1 heteroatoms. The first-order chi connectivity index (χ1) is 7.45. The van der Waals surface area contributed by atoms with Crippen molar-refractivity contribution in [2.75, 3.05) is 0 Å². The molecule has 2 unspecified atom stereocenters. The highest BCUT2D eigenvalue weighted by Gasteiger charge is 2.35. The van der Waals surface area contributed by atoms with Gasteiger partial charge in [0.1, 0.15) is 0 Å². The highest BCUT2D eigenvalue weighted by atomic mass is 16.3. The van der Waals surface area contributed by atoms with Crippen LogP contribution in [0.5, 0.6) is 0 Å². The molecule has 2 rings (SSSR count). The predicted molar refractivity (Wildman–Crippen MR) is 67.8 cm³/mol. The summed E-state index contributed by atoms with van der Waals surface area (Å²) in [6.45, 7) is 8.88. The van der Waals surface area contributed by atoms with Gasteiger partial charge in [0.15, 0.2) is 0 Å². The first-order valence-corrected chi connectivity index (χ1v) is 6.28. The van der Waals surface area contributed by atoms with Gasteiger partial charge in [0.25, 0.3) is 0 Å². The second-order valence-electron chi connectivity index (χ2n) is 5.76. The maximum absolute atomic E-state index is 10.1. The summed E-state index contributed by atoms with van der Waals surface area (Å²) in [5.41, 5.74) is 3.97. The minimum Gasteiger partial charge on any atom is -0.388 e.